The maximum absolute atomic E-state index is 4.05. The molecule has 1 nitrogen and oxygen atoms in total. The molecule has 0 spiro atoms. The maximum atomic E-state index is 4.05. The SMILES string of the molecule is C/C=C\c1c(C)ccc2cc(/C=N/C)ccc12. The summed E-state index contributed by atoms with van der Waals surface area (Å²) in [7, 11) is 1.80. The number of hydrogen-bond donors (Lipinski definition) is 0. The van der Waals surface area contributed by atoms with Gasteiger partial charge in [0.2, 0.25) is 0 Å². The lowest BCUT2D eigenvalue weighted by Crippen LogP contribution is -1.87. The highest BCUT2D eigenvalue weighted by molar-refractivity contribution is 5.95. The van der Waals surface area contributed by atoms with E-state index in [2.05, 4.69) is 61.3 Å². The van der Waals surface area contributed by atoms with E-state index < -0.39 is 0 Å². The zero-order valence-electron chi connectivity index (χ0n) is 10.6. The van der Waals surface area contributed by atoms with Crippen molar-refractivity contribution in [3.8, 4) is 0 Å². The van der Waals surface area contributed by atoms with Crippen LogP contribution in [0.15, 0.2) is 41.4 Å². The summed E-state index contributed by atoms with van der Waals surface area (Å²) < 4.78 is 0. The summed E-state index contributed by atoms with van der Waals surface area (Å²) >= 11 is 0. The lowest BCUT2D eigenvalue weighted by atomic mass is 9.98. The van der Waals surface area contributed by atoms with Gasteiger partial charge in [0, 0.05) is 13.3 Å². The van der Waals surface area contributed by atoms with Gasteiger partial charge in [-0.05, 0) is 47.4 Å². The first kappa shape index (κ1) is 11.6. The number of rotatable bonds is 2. The zero-order valence-corrected chi connectivity index (χ0v) is 10.6. The van der Waals surface area contributed by atoms with Gasteiger partial charge in [0.25, 0.3) is 0 Å². The molecule has 0 saturated carbocycles. The Hall–Kier alpha value is -1.89. The summed E-state index contributed by atoms with van der Waals surface area (Å²) in [5, 5.41) is 2.57. The predicted molar refractivity (Wildman–Crippen MR) is 76.9 cm³/mol. The molecule has 2 aromatic carbocycles. The van der Waals surface area contributed by atoms with Gasteiger partial charge in [-0.15, -0.1) is 0 Å². The van der Waals surface area contributed by atoms with Crippen molar-refractivity contribution >= 4 is 23.1 Å². The molecule has 0 amide bonds. The van der Waals surface area contributed by atoms with Crippen LogP contribution in [0, 0.1) is 6.92 Å². The number of hydrogen-bond acceptors (Lipinski definition) is 1. The van der Waals surface area contributed by atoms with Crippen molar-refractivity contribution in [1.82, 2.24) is 0 Å². The van der Waals surface area contributed by atoms with E-state index in [1.54, 1.807) is 7.05 Å². The Morgan fingerprint density at radius 1 is 1.12 bits per heavy atom. The number of nitrogens with zero attached hydrogens (tertiary/aromatic N) is 1. The molecule has 0 unspecified atom stereocenters. The number of allylic oxidation sites excluding steroid dienone is 1. The molecule has 0 saturated heterocycles. The van der Waals surface area contributed by atoms with Gasteiger partial charge < -0.3 is 0 Å². The van der Waals surface area contributed by atoms with Crippen LogP contribution in [0.2, 0.25) is 0 Å². The largest absolute Gasteiger partial charge is 0.296 e. The highest BCUT2D eigenvalue weighted by Crippen LogP contribution is 2.24. The molecule has 0 fully saturated rings. The number of aryl methyl sites for hydroxylation is 1. The zero-order chi connectivity index (χ0) is 12.3. The summed E-state index contributed by atoms with van der Waals surface area (Å²) in [5.74, 6) is 0. The molecule has 17 heavy (non-hydrogen) atoms. The van der Waals surface area contributed by atoms with Gasteiger partial charge in [-0.3, -0.25) is 4.99 Å². The Labute approximate surface area is 103 Å². The van der Waals surface area contributed by atoms with Crippen molar-refractivity contribution < 1.29 is 0 Å². The summed E-state index contributed by atoms with van der Waals surface area (Å²) in [5.41, 5.74) is 3.77. The standard InChI is InChI=1S/C16H17N/c1-4-5-15-12(2)6-8-14-10-13(11-17-3)7-9-16(14)15/h4-11H,1-3H3/b5-4-,17-11+. The van der Waals surface area contributed by atoms with Crippen molar-refractivity contribution in [2.75, 3.05) is 7.05 Å². The Bertz CT molecular complexity index is 592. The predicted octanol–water partition coefficient (Wildman–Crippen LogP) is 4.23. The molecule has 0 aliphatic heterocycles. The molecule has 0 aliphatic rings. The van der Waals surface area contributed by atoms with Gasteiger partial charge in [-0.25, -0.2) is 0 Å². The topological polar surface area (TPSA) is 12.4 Å². The molecule has 2 rings (SSSR count). The third-order valence-corrected chi connectivity index (χ3v) is 2.92. The second-order valence-electron chi connectivity index (χ2n) is 4.16. The Morgan fingerprint density at radius 2 is 1.94 bits per heavy atom. The first-order valence-electron chi connectivity index (χ1n) is 5.84. The van der Waals surface area contributed by atoms with E-state index in [4.69, 9.17) is 0 Å². The summed E-state index contributed by atoms with van der Waals surface area (Å²) in [4.78, 5) is 4.05. The van der Waals surface area contributed by atoms with Crippen LogP contribution in [0.25, 0.3) is 16.8 Å². The van der Waals surface area contributed by atoms with E-state index in [1.165, 1.54) is 21.9 Å². The molecule has 0 N–H and O–H groups in total. The minimum atomic E-state index is 1.15. The number of benzene rings is 2. The maximum Gasteiger partial charge on any atom is 0.0281 e. The fourth-order valence-electron chi connectivity index (χ4n) is 2.10. The normalized spacial score (nSPS) is 11.9. The van der Waals surface area contributed by atoms with Crippen LogP contribution < -0.4 is 0 Å². The number of aliphatic imine (C=N–C) groups is 1. The Balaban J connectivity index is 2.70. The van der Waals surface area contributed by atoms with Crippen molar-refractivity contribution in [2.24, 2.45) is 4.99 Å². The molecule has 0 radical (unpaired) electrons. The average Bonchev–Trinajstić information content (AvgIpc) is 2.33. The van der Waals surface area contributed by atoms with Gasteiger partial charge >= 0.3 is 0 Å². The van der Waals surface area contributed by atoms with E-state index in [0.717, 1.165) is 5.56 Å². The van der Waals surface area contributed by atoms with Gasteiger partial charge in [0.05, 0.1) is 0 Å². The van der Waals surface area contributed by atoms with E-state index in [1.807, 2.05) is 6.21 Å². The Morgan fingerprint density at radius 3 is 2.65 bits per heavy atom. The summed E-state index contributed by atoms with van der Waals surface area (Å²) in [6.45, 7) is 4.20. The van der Waals surface area contributed by atoms with Gasteiger partial charge in [0.15, 0.2) is 0 Å². The molecule has 86 valence electrons. The molecular weight excluding hydrogens is 206 g/mol. The van der Waals surface area contributed by atoms with Crippen molar-refractivity contribution in [3.63, 3.8) is 0 Å². The summed E-state index contributed by atoms with van der Waals surface area (Å²) in [6.07, 6.45) is 6.14. The minimum Gasteiger partial charge on any atom is -0.296 e. The quantitative estimate of drug-likeness (QED) is 0.676. The third-order valence-electron chi connectivity index (χ3n) is 2.92. The Kier molecular flexibility index (Phi) is 3.38. The fraction of sp³-hybridized carbons (Fsp3) is 0.188. The van der Waals surface area contributed by atoms with Gasteiger partial charge in [-0.2, -0.15) is 0 Å². The second kappa shape index (κ2) is 4.96. The van der Waals surface area contributed by atoms with Crippen LogP contribution in [0.1, 0.15) is 23.6 Å². The van der Waals surface area contributed by atoms with Crippen molar-refractivity contribution in [1.29, 1.82) is 0 Å². The minimum absolute atomic E-state index is 1.15. The van der Waals surface area contributed by atoms with E-state index in [0.29, 0.717) is 0 Å². The monoisotopic (exact) mass is 223 g/mol. The van der Waals surface area contributed by atoms with Crippen LogP contribution in [-0.4, -0.2) is 13.3 Å². The van der Waals surface area contributed by atoms with Crippen molar-refractivity contribution in [3.05, 3.63) is 53.1 Å². The first-order valence-corrected chi connectivity index (χ1v) is 5.84. The smallest absolute Gasteiger partial charge is 0.0281 e. The first-order chi connectivity index (χ1) is 8.26. The van der Waals surface area contributed by atoms with Crippen LogP contribution in [-0.2, 0) is 0 Å². The summed E-state index contributed by atoms with van der Waals surface area (Å²) in [6, 6.07) is 10.8. The molecule has 0 aliphatic carbocycles. The average molecular weight is 223 g/mol. The molecule has 2 aromatic rings. The molecule has 1 heteroatoms. The second-order valence-corrected chi connectivity index (χ2v) is 4.16. The number of fused-ring (bicyclic) bond motifs is 1. The molecule has 0 bridgehead atoms. The van der Waals surface area contributed by atoms with Gasteiger partial charge in [0.1, 0.15) is 0 Å². The van der Waals surface area contributed by atoms with Crippen LogP contribution >= 0.6 is 0 Å². The van der Waals surface area contributed by atoms with Crippen molar-refractivity contribution in [2.45, 2.75) is 13.8 Å². The van der Waals surface area contributed by atoms with Crippen LogP contribution in [0.3, 0.4) is 0 Å². The lowest BCUT2D eigenvalue weighted by Gasteiger charge is -2.07. The molecule has 0 heterocycles. The highest BCUT2D eigenvalue weighted by Gasteiger charge is 2.02. The third kappa shape index (κ3) is 2.28. The van der Waals surface area contributed by atoms with Gasteiger partial charge in [-0.1, -0.05) is 36.4 Å². The van der Waals surface area contributed by atoms with Crippen LogP contribution in [0.5, 0.6) is 0 Å². The van der Waals surface area contributed by atoms with E-state index in [-0.39, 0.29) is 0 Å². The fourth-order valence-corrected chi connectivity index (χ4v) is 2.10. The highest BCUT2D eigenvalue weighted by atomic mass is 14.6. The van der Waals surface area contributed by atoms with Crippen LogP contribution in [0.4, 0.5) is 0 Å². The van der Waals surface area contributed by atoms with E-state index >= 15 is 0 Å². The molecule has 0 aromatic heterocycles. The van der Waals surface area contributed by atoms with E-state index in [9.17, 15) is 0 Å². The lowest BCUT2D eigenvalue weighted by molar-refractivity contribution is 1.46. The molecule has 0 atom stereocenters. The molecular formula is C16H17N.